The van der Waals surface area contributed by atoms with Crippen LogP contribution in [0.25, 0.3) is 0 Å². The van der Waals surface area contributed by atoms with Gasteiger partial charge in [0.05, 0.1) is 0 Å². The number of amides is 1. The van der Waals surface area contributed by atoms with Gasteiger partial charge in [-0.05, 0) is 46.4 Å². The Morgan fingerprint density at radius 3 is 2.50 bits per heavy atom. The number of rotatable bonds is 8. The molecule has 0 saturated carbocycles. The van der Waals surface area contributed by atoms with Crippen LogP contribution in [-0.4, -0.2) is 44.0 Å². The van der Waals surface area contributed by atoms with Gasteiger partial charge in [0.15, 0.2) is 0 Å². The first-order valence-corrected chi connectivity index (χ1v) is 6.13. The van der Waals surface area contributed by atoms with E-state index in [1.165, 1.54) is 0 Å². The molecule has 0 radical (unpaired) electrons. The first kappa shape index (κ1) is 15.4. The van der Waals surface area contributed by atoms with Crippen LogP contribution in [0.3, 0.4) is 0 Å². The Labute approximate surface area is 99.6 Å². The fourth-order valence-electron chi connectivity index (χ4n) is 1.51. The Kier molecular flexibility index (Phi) is 8.21. The van der Waals surface area contributed by atoms with Gasteiger partial charge in [-0.15, -0.1) is 0 Å². The molecule has 4 heteroatoms. The molecule has 0 aromatic carbocycles. The molecule has 0 spiro atoms. The summed E-state index contributed by atoms with van der Waals surface area (Å²) in [5, 5.41) is 3.01. The molecule has 0 aromatic heterocycles. The first-order valence-electron chi connectivity index (χ1n) is 6.13. The summed E-state index contributed by atoms with van der Waals surface area (Å²) in [5.74, 6) is 0.449. The van der Waals surface area contributed by atoms with E-state index in [1.54, 1.807) is 0 Å². The van der Waals surface area contributed by atoms with Crippen molar-refractivity contribution in [1.82, 2.24) is 10.2 Å². The molecule has 2 unspecified atom stereocenters. The van der Waals surface area contributed by atoms with Gasteiger partial charge < -0.3 is 16.0 Å². The summed E-state index contributed by atoms with van der Waals surface area (Å²) in [4.78, 5) is 13.8. The van der Waals surface area contributed by atoms with Crippen LogP contribution in [0.1, 0.15) is 33.1 Å². The quantitative estimate of drug-likeness (QED) is 0.648. The van der Waals surface area contributed by atoms with Crippen LogP contribution in [-0.2, 0) is 4.79 Å². The smallest absolute Gasteiger partial charge is 0.220 e. The lowest BCUT2D eigenvalue weighted by molar-refractivity contribution is -0.122. The molecule has 0 aromatic rings. The monoisotopic (exact) mass is 229 g/mol. The van der Waals surface area contributed by atoms with E-state index in [9.17, 15) is 4.79 Å². The highest BCUT2D eigenvalue weighted by atomic mass is 16.1. The molecule has 0 rings (SSSR count). The van der Waals surface area contributed by atoms with Crippen molar-refractivity contribution < 1.29 is 4.79 Å². The third-order valence-electron chi connectivity index (χ3n) is 2.80. The van der Waals surface area contributed by atoms with E-state index in [2.05, 4.69) is 17.1 Å². The second kappa shape index (κ2) is 8.53. The van der Waals surface area contributed by atoms with E-state index >= 15 is 0 Å². The van der Waals surface area contributed by atoms with E-state index in [0.29, 0.717) is 18.9 Å². The van der Waals surface area contributed by atoms with Crippen LogP contribution in [0, 0.1) is 5.92 Å². The molecule has 0 bridgehead atoms. The molecular weight excluding hydrogens is 202 g/mol. The van der Waals surface area contributed by atoms with Gasteiger partial charge in [0.25, 0.3) is 0 Å². The van der Waals surface area contributed by atoms with Crippen molar-refractivity contribution in [3.8, 4) is 0 Å². The minimum Gasteiger partial charge on any atom is -0.354 e. The summed E-state index contributed by atoms with van der Waals surface area (Å²) in [7, 11) is 4.08. The zero-order valence-corrected chi connectivity index (χ0v) is 11.1. The molecule has 96 valence electrons. The number of carbonyl (C=O) groups is 1. The number of hydrogen-bond donors (Lipinski definition) is 2. The zero-order valence-electron chi connectivity index (χ0n) is 11.1. The third kappa shape index (κ3) is 7.65. The molecule has 0 heterocycles. The molecule has 0 aliphatic rings. The zero-order chi connectivity index (χ0) is 12.6. The molecule has 0 fully saturated rings. The third-order valence-corrected chi connectivity index (χ3v) is 2.80. The Hall–Kier alpha value is -0.610. The van der Waals surface area contributed by atoms with Crippen molar-refractivity contribution in [3.63, 3.8) is 0 Å². The first-order chi connectivity index (χ1) is 7.49. The second-order valence-electron chi connectivity index (χ2n) is 4.77. The van der Waals surface area contributed by atoms with E-state index in [4.69, 9.17) is 5.73 Å². The highest BCUT2D eigenvalue weighted by molar-refractivity contribution is 5.76. The van der Waals surface area contributed by atoms with E-state index in [1.807, 2.05) is 21.0 Å². The maximum Gasteiger partial charge on any atom is 0.220 e. The topological polar surface area (TPSA) is 58.4 Å². The SMILES string of the molecule is CCC(CN)CC(=O)NC(C)CCN(C)C. The maximum atomic E-state index is 11.6. The maximum absolute atomic E-state index is 11.6. The van der Waals surface area contributed by atoms with Crippen LogP contribution in [0.5, 0.6) is 0 Å². The van der Waals surface area contributed by atoms with Gasteiger partial charge in [0, 0.05) is 12.5 Å². The Morgan fingerprint density at radius 2 is 2.06 bits per heavy atom. The van der Waals surface area contributed by atoms with Gasteiger partial charge in [-0.1, -0.05) is 13.3 Å². The summed E-state index contributed by atoms with van der Waals surface area (Å²) in [6, 6.07) is 0.241. The number of nitrogens with two attached hydrogens (primary N) is 1. The van der Waals surface area contributed by atoms with E-state index in [0.717, 1.165) is 19.4 Å². The van der Waals surface area contributed by atoms with Gasteiger partial charge in [0.1, 0.15) is 0 Å². The molecule has 0 aliphatic carbocycles. The van der Waals surface area contributed by atoms with Crippen molar-refractivity contribution in [2.45, 2.75) is 39.2 Å². The fourth-order valence-corrected chi connectivity index (χ4v) is 1.51. The van der Waals surface area contributed by atoms with Crippen molar-refractivity contribution >= 4 is 5.91 Å². The van der Waals surface area contributed by atoms with Crippen molar-refractivity contribution in [3.05, 3.63) is 0 Å². The minimum absolute atomic E-state index is 0.128. The molecular formula is C12H27N3O. The van der Waals surface area contributed by atoms with E-state index in [-0.39, 0.29) is 11.9 Å². The Bertz CT molecular complexity index is 191. The molecule has 2 atom stereocenters. The van der Waals surface area contributed by atoms with Crippen molar-refractivity contribution in [1.29, 1.82) is 0 Å². The van der Waals surface area contributed by atoms with Crippen LogP contribution in [0.2, 0.25) is 0 Å². The number of hydrogen-bond acceptors (Lipinski definition) is 3. The lowest BCUT2D eigenvalue weighted by Crippen LogP contribution is -2.36. The van der Waals surface area contributed by atoms with Crippen LogP contribution >= 0.6 is 0 Å². The Balaban J connectivity index is 3.77. The predicted molar refractivity (Wildman–Crippen MR) is 68.2 cm³/mol. The molecule has 4 nitrogen and oxygen atoms in total. The van der Waals surface area contributed by atoms with Gasteiger partial charge in [-0.3, -0.25) is 4.79 Å². The lowest BCUT2D eigenvalue weighted by atomic mass is 10.0. The fraction of sp³-hybridized carbons (Fsp3) is 0.917. The van der Waals surface area contributed by atoms with Crippen LogP contribution < -0.4 is 11.1 Å². The average Bonchev–Trinajstić information content (AvgIpc) is 2.23. The van der Waals surface area contributed by atoms with Gasteiger partial charge in [-0.25, -0.2) is 0 Å². The van der Waals surface area contributed by atoms with Crippen molar-refractivity contribution in [2.24, 2.45) is 11.7 Å². The average molecular weight is 229 g/mol. The molecule has 3 N–H and O–H groups in total. The standard InChI is InChI=1S/C12H27N3O/c1-5-11(9-13)8-12(16)14-10(2)6-7-15(3)4/h10-11H,5-9,13H2,1-4H3,(H,14,16). The molecule has 16 heavy (non-hydrogen) atoms. The van der Waals surface area contributed by atoms with Gasteiger partial charge >= 0.3 is 0 Å². The summed E-state index contributed by atoms with van der Waals surface area (Å²) in [6.45, 7) is 5.70. The number of nitrogens with one attached hydrogen (secondary N) is 1. The summed E-state index contributed by atoms with van der Waals surface area (Å²) in [6.07, 6.45) is 2.51. The van der Waals surface area contributed by atoms with Crippen LogP contribution in [0.4, 0.5) is 0 Å². The largest absolute Gasteiger partial charge is 0.354 e. The predicted octanol–water partition coefficient (Wildman–Crippen LogP) is 0.818. The van der Waals surface area contributed by atoms with Crippen molar-refractivity contribution in [2.75, 3.05) is 27.2 Å². The Morgan fingerprint density at radius 1 is 1.44 bits per heavy atom. The normalized spacial score (nSPS) is 14.9. The molecule has 0 aliphatic heterocycles. The van der Waals surface area contributed by atoms with E-state index < -0.39 is 0 Å². The summed E-state index contributed by atoms with van der Waals surface area (Å²) in [5.41, 5.74) is 5.57. The van der Waals surface area contributed by atoms with Gasteiger partial charge in [0.2, 0.25) is 5.91 Å². The van der Waals surface area contributed by atoms with Gasteiger partial charge in [-0.2, -0.15) is 0 Å². The summed E-state index contributed by atoms with van der Waals surface area (Å²) < 4.78 is 0. The highest BCUT2D eigenvalue weighted by Crippen LogP contribution is 2.06. The second-order valence-corrected chi connectivity index (χ2v) is 4.77. The highest BCUT2D eigenvalue weighted by Gasteiger charge is 2.12. The summed E-state index contributed by atoms with van der Waals surface area (Å²) >= 11 is 0. The molecule has 1 amide bonds. The number of nitrogens with zero attached hydrogens (tertiary/aromatic N) is 1. The minimum atomic E-state index is 0.128. The van der Waals surface area contributed by atoms with Crippen LogP contribution in [0.15, 0.2) is 0 Å². The number of carbonyl (C=O) groups excluding carboxylic acids is 1. The molecule has 0 saturated heterocycles. The lowest BCUT2D eigenvalue weighted by Gasteiger charge is -2.18.